The topological polar surface area (TPSA) is 148 Å². The molecule has 0 aromatic rings. The number of hydrogen-bond donors (Lipinski definition) is 0. The molecule has 0 saturated heterocycles. The van der Waals surface area contributed by atoms with Crippen molar-refractivity contribution in [2.75, 3.05) is 0 Å². The molecule has 0 saturated carbocycles. The van der Waals surface area contributed by atoms with Crippen LogP contribution in [0, 0.1) is 0 Å². The van der Waals surface area contributed by atoms with Gasteiger partial charge in [0.2, 0.25) is 0 Å². The van der Waals surface area contributed by atoms with Gasteiger partial charge in [-0.15, -0.1) is 0 Å². The normalized spacial score (nSPS) is 6.38. The molecule has 10 heteroatoms. The fourth-order valence-electron chi connectivity index (χ4n) is 0. The average molecular weight is 434 g/mol. The molecule has 0 aromatic carbocycles. The van der Waals surface area contributed by atoms with Gasteiger partial charge < -0.3 is 30.4 Å². The summed E-state index contributed by atoms with van der Waals surface area (Å²) in [6, 6.07) is 0. The fourth-order valence-corrected chi connectivity index (χ4v) is 0. The van der Waals surface area contributed by atoms with E-state index in [1.807, 2.05) is 0 Å². The van der Waals surface area contributed by atoms with E-state index in [9.17, 15) is 14.4 Å². The summed E-state index contributed by atoms with van der Waals surface area (Å²) < 4.78 is 0. The van der Waals surface area contributed by atoms with Crippen LogP contribution in [-0.2, 0) is 29.0 Å². The second-order valence-electron chi connectivity index (χ2n) is 1.72. The largest absolute Gasteiger partial charge is 3.00 e. The third kappa shape index (κ3) is 72.9. The van der Waals surface area contributed by atoms with E-state index in [1.165, 1.54) is 0 Å². The van der Waals surface area contributed by atoms with Gasteiger partial charge in [-0.1, -0.05) is 0 Å². The molecule has 0 rings (SSSR count). The molecule has 0 heterocycles. The van der Waals surface area contributed by atoms with E-state index in [0.29, 0.717) is 0 Å². The summed E-state index contributed by atoms with van der Waals surface area (Å²) in [5.41, 5.74) is 0. The minimum absolute atomic E-state index is 0. The zero-order chi connectivity index (χ0) is 12.9. The van der Waals surface area contributed by atoms with Crippen molar-refractivity contribution in [2.45, 2.75) is 20.8 Å². The van der Waals surface area contributed by atoms with Gasteiger partial charge in [0.25, 0.3) is 17.9 Å². The quantitative estimate of drug-likeness (QED) is 0.212. The van der Waals surface area contributed by atoms with Crippen LogP contribution in [0.3, 0.4) is 0 Å². The van der Waals surface area contributed by atoms with Crippen LogP contribution < -0.4 is 15.8 Å². The number of hydrogen-bond acceptors (Lipinski definition) is 9. The van der Waals surface area contributed by atoms with Crippen LogP contribution in [0.25, 0.3) is 0 Å². The first-order chi connectivity index (χ1) is 6.81. The molecule has 0 aromatic heterocycles. The minimum Gasteiger partial charge on any atom is -0.662 e. The molecule has 92 valence electrons. The summed E-state index contributed by atoms with van der Waals surface area (Å²) in [6.45, 7) is 3.15. The molecule has 0 fully saturated rings. The summed E-state index contributed by atoms with van der Waals surface area (Å²) in [4.78, 5) is 36.4. The van der Waals surface area contributed by atoms with Crippen LogP contribution in [0.5, 0.6) is 0 Å². The Balaban J connectivity index is -0.0000000655. The Labute approximate surface area is 110 Å². The van der Waals surface area contributed by atoms with E-state index in [4.69, 9.17) is 15.8 Å². The van der Waals surface area contributed by atoms with Crippen molar-refractivity contribution in [1.29, 1.82) is 0 Å². The molecule has 0 amide bonds. The van der Waals surface area contributed by atoms with Crippen molar-refractivity contribution >= 4 is 44.1 Å². The van der Waals surface area contributed by atoms with Gasteiger partial charge in [-0.3, -0.25) is 14.4 Å². The smallest absolute Gasteiger partial charge is 0.662 e. The molecular formula is C6H9BiO9. The Bertz CT molecular complexity index is 159. The van der Waals surface area contributed by atoms with E-state index in [1.54, 1.807) is 0 Å². The molecular weight excluding hydrogens is 425 g/mol. The summed E-state index contributed by atoms with van der Waals surface area (Å²) in [5, 5.41) is 26.3. The van der Waals surface area contributed by atoms with Crippen LogP contribution in [0.15, 0.2) is 0 Å². The molecule has 9 nitrogen and oxygen atoms in total. The van der Waals surface area contributed by atoms with Gasteiger partial charge in [0.05, 0.1) is 0 Å². The van der Waals surface area contributed by atoms with Crippen LogP contribution >= 0.6 is 0 Å². The van der Waals surface area contributed by atoms with E-state index < -0.39 is 17.9 Å². The molecule has 0 aliphatic heterocycles. The SMILES string of the molecule is CC(=O)O[O-].CC(=O)O[O-].CC(=O)O[O-].[Bi+3]. The van der Waals surface area contributed by atoms with Crippen LogP contribution in [0.1, 0.15) is 20.8 Å². The minimum atomic E-state index is -0.801. The summed E-state index contributed by atoms with van der Waals surface area (Å²) in [7, 11) is 0. The second-order valence-corrected chi connectivity index (χ2v) is 1.72. The fraction of sp³-hybridized carbons (Fsp3) is 0.500. The molecule has 0 atom stereocenters. The Morgan fingerprint density at radius 3 is 0.750 bits per heavy atom. The van der Waals surface area contributed by atoms with Gasteiger partial charge in [0.15, 0.2) is 0 Å². The maximum atomic E-state index is 9.28. The zero-order valence-electron chi connectivity index (χ0n) is 8.62. The van der Waals surface area contributed by atoms with Crippen molar-refractivity contribution in [2.24, 2.45) is 0 Å². The van der Waals surface area contributed by atoms with Crippen molar-refractivity contribution in [1.82, 2.24) is 0 Å². The average Bonchev–Trinajstić information content (AvgIpc) is 2.19. The molecule has 16 heavy (non-hydrogen) atoms. The van der Waals surface area contributed by atoms with Crippen LogP contribution in [0.2, 0.25) is 0 Å². The van der Waals surface area contributed by atoms with Crippen molar-refractivity contribution in [3.63, 3.8) is 0 Å². The predicted molar refractivity (Wildman–Crippen MR) is 41.1 cm³/mol. The van der Waals surface area contributed by atoms with Crippen molar-refractivity contribution < 1.29 is 44.8 Å². The summed E-state index contributed by atoms with van der Waals surface area (Å²) >= 11 is 0. The molecule has 0 unspecified atom stereocenters. The first-order valence-corrected chi connectivity index (χ1v) is 3.22. The van der Waals surface area contributed by atoms with Gasteiger partial charge in [0, 0.05) is 20.8 Å². The Kier molecular flexibility index (Phi) is 30.1. The Morgan fingerprint density at radius 2 is 0.750 bits per heavy atom. The van der Waals surface area contributed by atoms with Crippen LogP contribution in [0.4, 0.5) is 0 Å². The summed E-state index contributed by atoms with van der Waals surface area (Å²) in [6.07, 6.45) is 0. The maximum absolute atomic E-state index is 9.28. The van der Waals surface area contributed by atoms with E-state index in [-0.39, 0.29) is 26.2 Å². The maximum Gasteiger partial charge on any atom is 3.00 e. The third-order valence-corrected chi connectivity index (χ3v) is 0.352. The molecule has 0 aliphatic rings. The molecule has 0 N–H and O–H groups in total. The number of carbonyl (C=O) groups excluding carboxylic acids is 3. The van der Waals surface area contributed by atoms with Crippen LogP contribution in [-0.4, -0.2) is 44.1 Å². The van der Waals surface area contributed by atoms with Gasteiger partial charge in [-0.25, -0.2) is 0 Å². The van der Waals surface area contributed by atoms with Gasteiger partial charge in [0.1, 0.15) is 0 Å². The first-order valence-electron chi connectivity index (χ1n) is 3.22. The van der Waals surface area contributed by atoms with Crippen molar-refractivity contribution in [3.8, 4) is 0 Å². The van der Waals surface area contributed by atoms with Gasteiger partial charge >= 0.3 is 26.2 Å². The third-order valence-electron chi connectivity index (χ3n) is 0.352. The molecule has 0 bridgehead atoms. The summed E-state index contributed by atoms with van der Waals surface area (Å²) in [5.74, 6) is -2.40. The number of carbonyl (C=O) groups is 3. The monoisotopic (exact) mass is 434 g/mol. The molecule has 0 aliphatic carbocycles. The molecule has 0 spiro atoms. The van der Waals surface area contributed by atoms with Crippen molar-refractivity contribution in [3.05, 3.63) is 0 Å². The van der Waals surface area contributed by atoms with E-state index in [0.717, 1.165) is 20.8 Å². The van der Waals surface area contributed by atoms with E-state index >= 15 is 0 Å². The Hall–Kier alpha value is -0.827. The van der Waals surface area contributed by atoms with Gasteiger partial charge in [-0.05, 0) is 0 Å². The molecule has 2 radical (unpaired) electrons. The Morgan fingerprint density at radius 1 is 0.688 bits per heavy atom. The first kappa shape index (κ1) is 24.4. The van der Waals surface area contributed by atoms with E-state index in [2.05, 4.69) is 14.7 Å². The predicted octanol–water partition coefficient (Wildman–Crippen LogP) is -3.91. The van der Waals surface area contributed by atoms with Gasteiger partial charge in [-0.2, -0.15) is 0 Å². The second kappa shape index (κ2) is 19.7. The zero-order valence-corrected chi connectivity index (χ0v) is 12.1. The number of rotatable bonds is 0. The standard InChI is InChI=1S/3C2H4O3.Bi/c3*1-2(3)5-4;/h3*4H,1H3;/q;;;+3/p-3.